The predicted molar refractivity (Wildman–Crippen MR) is 70.8 cm³/mol. The summed E-state index contributed by atoms with van der Waals surface area (Å²) in [5.74, 6) is 0.00538. The van der Waals surface area contributed by atoms with Gasteiger partial charge in [-0.15, -0.1) is 0 Å². The highest BCUT2D eigenvalue weighted by Crippen LogP contribution is 2.41. The Morgan fingerprint density at radius 3 is 2.75 bits per heavy atom. The second-order valence-corrected chi connectivity index (χ2v) is 5.82. The Balaban J connectivity index is 1.69. The number of aromatic nitrogens is 2. The molecule has 1 aromatic heterocycles. The van der Waals surface area contributed by atoms with Gasteiger partial charge in [0.05, 0.1) is 12.0 Å². The van der Waals surface area contributed by atoms with E-state index < -0.39 is 11.4 Å². The zero-order chi connectivity index (χ0) is 14.2. The predicted octanol–water partition coefficient (Wildman–Crippen LogP) is 1.26. The number of carboxylic acid groups (broad SMARTS) is 1. The first-order valence-electron chi connectivity index (χ1n) is 7.12. The van der Waals surface area contributed by atoms with E-state index >= 15 is 0 Å². The van der Waals surface area contributed by atoms with E-state index in [2.05, 4.69) is 4.98 Å². The molecule has 6 heteroatoms. The van der Waals surface area contributed by atoms with Gasteiger partial charge in [-0.25, -0.2) is 4.98 Å². The van der Waals surface area contributed by atoms with Crippen LogP contribution in [0, 0.1) is 5.41 Å². The number of fused-ring (bicyclic) bond motifs is 1. The van der Waals surface area contributed by atoms with Crippen LogP contribution in [0.15, 0.2) is 12.4 Å². The summed E-state index contributed by atoms with van der Waals surface area (Å²) in [6, 6.07) is 0. The van der Waals surface area contributed by atoms with Gasteiger partial charge in [0.25, 0.3) is 0 Å². The van der Waals surface area contributed by atoms with Gasteiger partial charge in [0.1, 0.15) is 5.82 Å². The number of rotatable bonds is 3. The van der Waals surface area contributed by atoms with Crippen molar-refractivity contribution in [1.29, 1.82) is 0 Å². The lowest BCUT2D eigenvalue weighted by Gasteiger charge is -2.31. The third kappa shape index (κ3) is 2.19. The van der Waals surface area contributed by atoms with Crippen molar-refractivity contribution in [3.05, 3.63) is 18.2 Å². The molecule has 0 bridgehead atoms. The summed E-state index contributed by atoms with van der Waals surface area (Å²) in [4.78, 5) is 29.9. The molecule has 0 spiro atoms. The minimum absolute atomic E-state index is 0.0523. The van der Waals surface area contributed by atoms with Crippen LogP contribution in [0.2, 0.25) is 0 Å². The quantitative estimate of drug-likeness (QED) is 0.902. The van der Waals surface area contributed by atoms with Crippen molar-refractivity contribution >= 4 is 11.9 Å². The molecule has 6 nitrogen and oxygen atoms in total. The molecule has 108 valence electrons. The van der Waals surface area contributed by atoms with E-state index in [0.29, 0.717) is 25.9 Å². The molecule has 1 fully saturated rings. The molecule has 0 aromatic carbocycles. The number of nitrogens with zero attached hydrogens (tertiary/aromatic N) is 3. The molecule has 2 heterocycles. The first-order chi connectivity index (χ1) is 9.61. The molecule has 0 radical (unpaired) electrons. The second-order valence-electron chi connectivity index (χ2n) is 5.82. The number of imidazole rings is 1. The van der Waals surface area contributed by atoms with E-state index in [0.717, 1.165) is 25.2 Å². The maximum absolute atomic E-state index is 12.4. The van der Waals surface area contributed by atoms with E-state index in [9.17, 15) is 14.7 Å². The number of carboxylic acids is 1. The molecule has 0 atom stereocenters. The average Bonchev–Trinajstić information content (AvgIpc) is 3.06. The molecular weight excluding hydrogens is 258 g/mol. The van der Waals surface area contributed by atoms with Gasteiger partial charge in [-0.3, -0.25) is 9.59 Å². The fourth-order valence-electron chi connectivity index (χ4n) is 3.31. The van der Waals surface area contributed by atoms with Gasteiger partial charge in [0.2, 0.25) is 5.91 Å². The van der Waals surface area contributed by atoms with E-state index in [1.165, 1.54) is 0 Å². The molecule has 0 saturated heterocycles. The largest absolute Gasteiger partial charge is 0.481 e. The Labute approximate surface area is 117 Å². The van der Waals surface area contributed by atoms with Crippen molar-refractivity contribution in [2.45, 2.75) is 45.2 Å². The van der Waals surface area contributed by atoms with Gasteiger partial charge in [0.15, 0.2) is 0 Å². The molecule has 1 aliphatic carbocycles. The zero-order valence-corrected chi connectivity index (χ0v) is 11.4. The summed E-state index contributed by atoms with van der Waals surface area (Å²) in [6.07, 6.45) is 6.83. The van der Waals surface area contributed by atoms with Crippen LogP contribution in [-0.2, 0) is 22.7 Å². The number of aliphatic carboxylic acids is 1. The van der Waals surface area contributed by atoms with E-state index in [1.807, 2.05) is 10.8 Å². The van der Waals surface area contributed by atoms with Crippen molar-refractivity contribution < 1.29 is 14.7 Å². The summed E-state index contributed by atoms with van der Waals surface area (Å²) in [6.45, 7) is 1.86. The van der Waals surface area contributed by atoms with Crippen molar-refractivity contribution in [2.75, 3.05) is 6.54 Å². The highest BCUT2D eigenvalue weighted by Gasteiger charge is 2.44. The minimum atomic E-state index is -0.829. The van der Waals surface area contributed by atoms with Crippen LogP contribution in [0.3, 0.4) is 0 Å². The summed E-state index contributed by atoms with van der Waals surface area (Å²) in [5.41, 5.74) is -0.829. The van der Waals surface area contributed by atoms with Crippen molar-refractivity contribution in [3.8, 4) is 0 Å². The Bertz CT molecular complexity index is 532. The van der Waals surface area contributed by atoms with Crippen LogP contribution >= 0.6 is 0 Å². The van der Waals surface area contributed by atoms with Crippen molar-refractivity contribution in [3.63, 3.8) is 0 Å². The molecule has 2 aliphatic rings. The van der Waals surface area contributed by atoms with Gasteiger partial charge in [-0.05, 0) is 12.8 Å². The van der Waals surface area contributed by atoms with E-state index in [1.54, 1.807) is 11.1 Å². The monoisotopic (exact) mass is 277 g/mol. The lowest BCUT2D eigenvalue weighted by atomic mass is 9.82. The molecule has 0 unspecified atom stereocenters. The lowest BCUT2D eigenvalue weighted by molar-refractivity contribution is -0.153. The number of carbonyl (C=O) groups excluding carboxylic acids is 1. The van der Waals surface area contributed by atoms with Crippen LogP contribution in [0.1, 0.15) is 37.9 Å². The summed E-state index contributed by atoms with van der Waals surface area (Å²) >= 11 is 0. The Morgan fingerprint density at radius 2 is 2.05 bits per heavy atom. The number of amides is 1. The first kappa shape index (κ1) is 13.1. The molecule has 3 rings (SSSR count). The fraction of sp³-hybridized carbons (Fsp3) is 0.643. The normalized spacial score (nSPS) is 20.7. The number of hydrogen-bond donors (Lipinski definition) is 1. The molecule has 1 saturated carbocycles. The first-order valence-corrected chi connectivity index (χ1v) is 7.12. The zero-order valence-electron chi connectivity index (χ0n) is 11.4. The summed E-state index contributed by atoms with van der Waals surface area (Å²) in [7, 11) is 0. The van der Waals surface area contributed by atoms with E-state index in [-0.39, 0.29) is 12.3 Å². The molecule has 20 heavy (non-hydrogen) atoms. The van der Waals surface area contributed by atoms with E-state index in [4.69, 9.17) is 0 Å². The number of hydrogen-bond acceptors (Lipinski definition) is 3. The average molecular weight is 277 g/mol. The van der Waals surface area contributed by atoms with Gasteiger partial charge < -0.3 is 14.6 Å². The highest BCUT2D eigenvalue weighted by molar-refractivity contribution is 5.85. The lowest BCUT2D eigenvalue weighted by Crippen LogP contribution is -2.42. The van der Waals surface area contributed by atoms with Crippen LogP contribution < -0.4 is 0 Å². The van der Waals surface area contributed by atoms with Crippen LogP contribution in [0.25, 0.3) is 0 Å². The SMILES string of the molecule is O=C(CC1(C(=O)O)CCCC1)N1CCn2ccnc2C1. The number of carbonyl (C=O) groups is 2. The standard InChI is InChI=1S/C14H19N3O3/c18-12(9-14(13(19)20)3-1-2-4-14)17-8-7-16-6-5-15-11(16)10-17/h5-6H,1-4,7-10H2,(H,19,20). The van der Waals surface area contributed by atoms with Crippen molar-refractivity contribution in [1.82, 2.24) is 14.5 Å². The molecule has 1 amide bonds. The summed E-state index contributed by atoms with van der Waals surface area (Å²) < 4.78 is 2.03. The molecule has 1 aliphatic heterocycles. The minimum Gasteiger partial charge on any atom is -0.481 e. The maximum Gasteiger partial charge on any atom is 0.310 e. The fourth-order valence-corrected chi connectivity index (χ4v) is 3.31. The second kappa shape index (κ2) is 4.92. The maximum atomic E-state index is 12.4. The Kier molecular flexibility index (Phi) is 3.23. The topological polar surface area (TPSA) is 75.4 Å². The Hall–Kier alpha value is -1.85. The van der Waals surface area contributed by atoms with Gasteiger partial charge in [-0.1, -0.05) is 12.8 Å². The van der Waals surface area contributed by atoms with Crippen LogP contribution in [-0.4, -0.2) is 38.0 Å². The molecule has 1 aromatic rings. The Morgan fingerprint density at radius 1 is 1.30 bits per heavy atom. The third-order valence-electron chi connectivity index (χ3n) is 4.60. The summed E-state index contributed by atoms with van der Waals surface area (Å²) in [5, 5.41) is 9.45. The molecular formula is C14H19N3O3. The van der Waals surface area contributed by atoms with Gasteiger partial charge in [-0.2, -0.15) is 0 Å². The van der Waals surface area contributed by atoms with Gasteiger partial charge >= 0.3 is 5.97 Å². The highest BCUT2D eigenvalue weighted by atomic mass is 16.4. The smallest absolute Gasteiger partial charge is 0.310 e. The van der Waals surface area contributed by atoms with Crippen LogP contribution in [0.4, 0.5) is 0 Å². The van der Waals surface area contributed by atoms with Crippen molar-refractivity contribution in [2.24, 2.45) is 5.41 Å². The van der Waals surface area contributed by atoms with Crippen LogP contribution in [0.5, 0.6) is 0 Å². The van der Waals surface area contributed by atoms with Gasteiger partial charge in [0, 0.05) is 31.9 Å². The third-order valence-corrected chi connectivity index (χ3v) is 4.60. The molecule has 1 N–H and O–H groups in total.